The Morgan fingerprint density at radius 2 is 2.12 bits per heavy atom. The minimum atomic E-state index is 0.0700. The van der Waals surface area contributed by atoms with Crippen LogP contribution in [0.15, 0.2) is 0 Å². The summed E-state index contributed by atoms with van der Waals surface area (Å²) in [6, 6.07) is 1.24. The van der Waals surface area contributed by atoms with Crippen molar-refractivity contribution in [3.8, 4) is 0 Å². The molecule has 1 amide bonds. The highest BCUT2D eigenvalue weighted by Crippen LogP contribution is 2.24. The lowest BCUT2D eigenvalue weighted by atomic mass is 10.1. The Labute approximate surface area is 104 Å². The molecule has 1 saturated heterocycles. The van der Waals surface area contributed by atoms with Gasteiger partial charge in [0.1, 0.15) is 6.29 Å². The fourth-order valence-corrected chi connectivity index (χ4v) is 2.49. The highest BCUT2D eigenvalue weighted by molar-refractivity contribution is 5.73. The van der Waals surface area contributed by atoms with Crippen LogP contribution in [0.2, 0.25) is 0 Å². The Balaban J connectivity index is 2.36. The third kappa shape index (κ3) is 4.11. The number of nitrogens with zero attached hydrogens (tertiary/aromatic N) is 2. The molecule has 0 saturated carbocycles. The molecule has 0 aromatic carbocycles. The summed E-state index contributed by atoms with van der Waals surface area (Å²) >= 11 is 0. The molecule has 0 spiro atoms. The molecule has 0 N–H and O–H groups in total. The van der Waals surface area contributed by atoms with E-state index < -0.39 is 0 Å². The zero-order chi connectivity index (χ0) is 12.8. The zero-order valence-corrected chi connectivity index (χ0v) is 11.2. The third-order valence-electron chi connectivity index (χ3n) is 3.88. The van der Waals surface area contributed by atoms with Gasteiger partial charge in [0.15, 0.2) is 0 Å². The molecule has 0 aromatic heterocycles. The quantitative estimate of drug-likeness (QED) is 0.657. The van der Waals surface area contributed by atoms with Crippen molar-refractivity contribution in [2.45, 2.75) is 51.6 Å². The highest BCUT2D eigenvalue weighted by atomic mass is 16.2. The fourth-order valence-electron chi connectivity index (χ4n) is 2.49. The minimum absolute atomic E-state index is 0.0700. The molecule has 0 bridgehead atoms. The number of rotatable bonds is 6. The zero-order valence-electron chi connectivity index (χ0n) is 11.2. The molecule has 1 aliphatic rings. The Morgan fingerprint density at radius 1 is 1.41 bits per heavy atom. The van der Waals surface area contributed by atoms with E-state index in [0.717, 1.165) is 19.3 Å². The second kappa shape index (κ2) is 6.74. The van der Waals surface area contributed by atoms with E-state index in [1.54, 1.807) is 11.8 Å². The topological polar surface area (TPSA) is 40.6 Å². The first-order valence-electron chi connectivity index (χ1n) is 6.47. The van der Waals surface area contributed by atoms with Crippen molar-refractivity contribution in [2.75, 3.05) is 20.1 Å². The van der Waals surface area contributed by atoms with Crippen molar-refractivity contribution >= 4 is 12.2 Å². The summed E-state index contributed by atoms with van der Waals surface area (Å²) in [5, 5.41) is 0. The van der Waals surface area contributed by atoms with E-state index in [1.807, 2.05) is 0 Å². The number of amides is 1. The average Bonchev–Trinajstić information content (AvgIpc) is 2.60. The van der Waals surface area contributed by atoms with Gasteiger partial charge in [-0.05, 0) is 33.2 Å². The van der Waals surface area contributed by atoms with Crippen LogP contribution in [-0.2, 0) is 9.59 Å². The van der Waals surface area contributed by atoms with Crippen molar-refractivity contribution in [1.82, 2.24) is 9.80 Å². The van der Waals surface area contributed by atoms with Crippen LogP contribution in [-0.4, -0.2) is 54.2 Å². The SMILES string of the molecule is CC(=O)N(CCC=O)CC[C@H]1CC[C@@H](C)N1C. The number of carbonyl (C=O) groups excluding carboxylic acids is 2. The standard InChI is InChI=1S/C13H24N2O2/c1-11-5-6-13(14(11)3)7-9-15(12(2)17)8-4-10-16/h10-11,13H,4-9H2,1-3H3/t11-,13-/m1/s1. The molecule has 0 radical (unpaired) electrons. The number of carbonyl (C=O) groups is 2. The molecule has 17 heavy (non-hydrogen) atoms. The van der Waals surface area contributed by atoms with Crippen molar-refractivity contribution in [1.29, 1.82) is 0 Å². The molecule has 1 fully saturated rings. The molecule has 4 nitrogen and oxygen atoms in total. The van der Waals surface area contributed by atoms with Gasteiger partial charge in [0.2, 0.25) is 5.91 Å². The monoisotopic (exact) mass is 240 g/mol. The third-order valence-corrected chi connectivity index (χ3v) is 3.88. The number of aldehydes is 1. The predicted octanol–water partition coefficient (Wildman–Crippen LogP) is 1.30. The van der Waals surface area contributed by atoms with Crippen LogP contribution in [0.4, 0.5) is 0 Å². The Bertz CT molecular complexity index is 268. The normalized spacial score (nSPS) is 24.9. The van der Waals surface area contributed by atoms with Gasteiger partial charge in [0, 0.05) is 38.5 Å². The Kier molecular flexibility index (Phi) is 5.62. The van der Waals surface area contributed by atoms with Gasteiger partial charge in [0.25, 0.3) is 0 Å². The van der Waals surface area contributed by atoms with Gasteiger partial charge in [-0.1, -0.05) is 0 Å². The second-order valence-electron chi connectivity index (χ2n) is 5.00. The minimum Gasteiger partial charge on any atom is -0.342 e. The van der Waals surface area contributed by atoms with Crippen LogP contribution in [0.1, 0.15) is 39.5 Å². The molecule has 1 heterocycles. The first-order valence-corrected chi connectivity index (χ1v) is 6.47. The van der Waals surface area contributed by atoms with Gasteiger partial charge < -0.3 is 14.6 Å². The summed E-state index contributed by atoms with van der Waals surface area (Å²) in [5.74, 6) is 0.0700. The van der Waals surface area contributed by atoms with Gasteiger partial charge in [-0.3, -0.25) is 4.79 Å². The predicted molar refractivity (Wildman–Crippen MR) is 67.8 cm³/mol. The summed E-state index contributed by atoms with van der Waals surface area (Å²) in [5.41, 5.74) is 0. The first-order chi connectivity index (χ1) is 8.06. The van der Waals surface area contributed by atoms with Crippen LogP contribution in [0, 0.1) is 0 Å². The smallest absolute Gasteiger partial charge is 0.219 e. The van der Waals surface area contributed by atoms with Crippen LogP contribution in [0.5, 0.6) is 0 Å². The molecule has 4 heteroatoms. The lowest BCUT2D eigenvalue weighted by molar-refractivity contribution is -0.129. The van der Waals surface area contributed by atoms with Crippen molar-refractivity contribution in [3.63, 3.8) is 0 Å². The fraction of sp³-hybridized carbons (Fsp3) is 0.846. The molecule has 0 aromatic rings. The Hall–Kier alpha value is -0.900. The van der Waals surface area contributed by atoms with Gasteiger partial charge >= 0.3 is 0 Å². The molecule has 0 unspecified atom stereocenters. The number of hydrogen-bond donors (Lipinski definition) is 0. The largest absolute Gasteiger partial charge is 0.342 e. The van der Waals surface area contributed by atoms with Crippen molar-refractivity contribution in [2.24, 2.45) is 0 Å². The van der Waals surface area contributed by atoms with Crippen LogP contribution in [0.3, 0.4) is 0 Å². The van der Waals surface area contributed by atoms with Crippen molar-refractivity contribution < 1.29 is 9.59 Å². The van der Waals surface area contributed by atoms with Gasteiger partial charge in [-0.2, -0.15) is 0 Å². The maximum absolute atomic E-state index is 11.4. The van der Waals surface area contributed by atoms with Gasteiger partial charge in [-0.25, -0.2) is 0 Å². The molecule has 2 atom stereocenters. The molecule has 1 rings (SSSR count). The van der Waals surface area contributed by atoms with E-state index in [4.69, 9.17) is 0 Å². The Morgan fingerprint density at radius 3 is 2.59 bits per heavy atom. The first kappa shape index (κ1) is 14.2. The van der Waals surface area contributed by atoms with E-state index >= 15 is 0 Å². The maximum Gasteiger partial charge on any atom is 0.219 e. The molecule has 1 aliphatic heterocycles. The van der Waals surface area contributed by atoms with E-state index in [-0.39, 0.29) is 5.91 Å². The lowest BCUT2D eigenvalue weighted by Crippen LogP contribution is -2.36. The number of hydrogen-bond acceptors (Lipinski definition) is 3. The van der Waals surface area contributed by atoms with Crippen LogP contribution in [0.25, 0.3) is 0 Å². The van der Waals surface area contributed by atoms with Crippen molar-refractivity contribution in [3.05, 3.63) is 0 Å². The molecule has 0 aliphatic carbocycles. The summed E-state index contributed by atoms with van der Waals surface area (Å²) in [6.07, 6.45) is 4.79. The van der Waals surface area contributed by atoms with Crippen LogP contribution < -0.4 is 0 Å². The molecular formula is C13H24N2O2. The second-order valence-corrected chi connectivity index (χ2v) is 5.00. The van der Waals surface area contributed by atoms with E-state index in [1.165, 1.54) is 12.8 Å². The summed E-state index contributed by atoms with van der Waals surface area (Å²) in [4.78, 5) is 25.9. The van der Waals surface area contributed by atoms with E-state index in [2.05, 4.69) is 18.9 Å². The van der Waals surface area contributed by atoms with Crippen LogP contribution >= 0.6 is 0 Å². The van der Waals surface area contributed by atoms with Gasteiger partial charge in [-0.15, -0.1) is 0 Å². The maximum atomic E-state index is 11.4. The van der Waals surface area contributed by atoms with E-state index in [0.29, 0.717) is 25.0 Å². The lowest BCUT2D eigenvalue weighted by Gasteiger charge is -2.26. The summed E-state index contributed by atoms with van der Waals surface area (Å²) in [6.45, 7) is 5.15. The highest BCUT2D eigenvalue weighted by Gasteiger charge is 2.27. The molecular weight excluding hydrogens is 216 g/mol. The number of likely N-dealkylation sites (tertiary alicyclic amines) is 1. The molecule has 98 valence electrons. The van der Waals surface area contributed by atoms with Gasteiger partial charge in [0.05, 0.1) is 0 Å². The van der Waals surface area contributed by atoms with E-state index in [9.17, 15) is 9.59 Å². The summed E-state index contributed by atoms with van der Waals surface area (Å²) in [7, 11) is 2.16. The average molecular weight is 240 g/mol. The summed E-state index contributed by atoms with van der Waals surface area (Å²) < 4.78 is 0.